The number of nitrogens with zero attached hydrogens (tertiary/aromatic N) is 1. The van der Waals surface area contributed by atoms with Gasteiger partial charge in [-0.1, -0.05) is 30.3 Å². The summed E-state index contributed by atoms with van der Waals surface area (Å²) in [5.74, 6) is 0.0195. The monoisotopic (exact) mass is 297 g/mol. The Morgan fingerprint density at radius 3 is 2.68 bits per heavy atom. The molecule has 22 heavy (non-hydrogen) atoms. The molecule has 1 aliphatic heterocycles. The lowest BCUT2D eigenvalue weighted by Crippen LogP contribution is -2.44. The standard InChI is InChI=1S/C18H23N3O/c22-18(20-8-3-11-21-12-9-19-10-13-21)17-7-6-15-4-1-2-5-16(15)14-17/h1-2,4-7,14,19H,3,8-13H2,(H,20,22). The molecule has 1 amide bonds. The molecule has 2 aromatic carbocycles. The van der Waals surface area contributed by atoms with Gasteiger partial charge in [0.15, 0.2) is 0 Å². The molecule has 0 bridgehead atoms. The van der Waals surface area contributed by atoms with Crippen LogP contribution in [0.4, 0.5) is 0 Å². The van der Waals surface area contributed by atoms with Gasteiger partial charge in [0.25, 0.3) is 5.91 Å². The van der Waals surface area contributed by atoms with Crippen LogP contribution >= 0.6 is 0 Å². The predicted octanol–water partition coefficient (Wildman–Crippen LogP) is 1.86. The van der Waals surface area contributed by atoms with Crippen molar-refractivity contribution in [3.63, 3.8) is 0 Å². The summed E-state index contributed by atoms with van der Waals surface area (Å²) < 4.78 is 0. The van der Waals surface area contributed by atoms with Crippen molar-refractivity contribution in [3.8, 4) is 0 Å². The summed E-state index contributed by atoms with van der Waals surface area (Å²) in [6.45, 7) is 6.15. The van der Waals surface area contributed by atoms with Gasteiger partial charge < -0.3 is 15.5 Å². The quantitative estimate of drug-likeness (QED) is 0.828. The lowest BCUT2D eigenvalue weighted by atomic mass is 10.1. The van der Waals surface area contributed by atoms with Crippen molar-refractivity contribution >= 4 is 16.7 Å². The molecular weight excluding hydrogens is 274 g/mol. The second-order valence-corrected chi connectivity index (χ2v) is 5.76. The number of piperazine rings is 1. The number of fused-ring (bicyclic) bond motifs is 1. The molecular formula is C18H23N3O. The van der Waals surface area contributed by atoms with E-state index in [0.29, 0.717) is 0 Å². The number of carbonyl (C=O) groups excluding carboxylic acids is 1. The highest BCUT2D eigenvalue weighted by molar-refractivity contribution is 5.98. The molecule has 1 heterocycles. The van der Waals surface area contributed by atoms with E-state index in [1.807, 2.05) is 36.4 Å². The number of benzene rings is 2. The molecule has 3 rings (SSSR count). The van der Waals surface area contributed by atoms with Gasteiger partial charge in [-0.05, 0) is 35.9 Å². The molecule has 0 saturated carbocycles. The van der Waals surface area contributed by atoms with Crippen LogP contribution in [0.15, 0.2) is 42.5 Å². The van der Waals surface area contributed by atoms with Crippen LogP contribution in [0.25, 0.3) is 10.8 Å². The highest BCUT2D eigenvalue weighted by Gasteiger charge is 2.09. The second kappa shape index (κ2) is 7.38. The third-order valence-electron chi connectivity index (χ3n) is 4.16. The van der Waals surface area contributed by atoms with E-state index >= 15 is 0 Å². The minimum atomic E-state index is 0.0195. The molecule has 0 atom stereocenters. The van der Waals surface area contributed by atoms with Gasteiger partial charge in [0.2, 0.25) is 0 Å². The zero-order valence-electron chi connectivity index (χ0n) is 12.8. The maximum Gasteiger partial charge on any atom is 0.251 e. The van der Waals surface area contributed by atoms with Gasteiger partial charge >= 0.3 is 0 Å². The first kappa shape index (κ1) is 15.0. The average molecular weight is 297 g/mol. The predicted molar refractivity (Wildman–Crippen MR) is 90.2 cm³/mol. The fourth-order valence-electron chi connectivity index (χ4n) is 2.87. The first-order chi connectivity index (χ1) is 10.8. The molecule has 1 fully saturated rings. The summed E-state index contributed by atoms with van der Waals surface area (Å²) >= 11 is 0. The second-order valence-electron chi connectivity index (χ2n) is 5.76. The number of hydrogen-bond acceptors (Lipinski definition) is 3. The van der Waals surface area contributed by atoms with Crippen LogP contribution in [0.5, 0.6) is 0 Å². The molecule has 0 aliphatic carbocycles. The fourth-order valence-corrected chi connectivity index (χ4v) is 2.87. The van der Waals surface area contributed by atoms with E-state index in [1.54, 1.807) is 0 Å². The molecule has 1 aliphatic rings. The molecule has 0 spiro atoms. The number of carbonyl (C=O) groups is 1. The molecule has 4 nitrogen and oxygen atoms in total. The van der Waals surface area contributed by atoms with Crippen molar-refractivity contribution in [3.05, 3.63) is 48.0 Å². The van der Waals surface area contributed by atoms with Crippen LogP contribution in [0.3, 0.4) is 0 Å². The molecule has 2 N–H and O–H groups in total. The van der Waals surface area contributed by atoms with E-state index in [4.69, 9.17) is 0 Å². The minimum Gasteiger partial charge on any atom is -0.352 e. The van der Waals surface area contributed by atoms with Crippen molar-refractivity contribution in [2.75, 3.05) is 39.3 Å². The largest absolute Gasteiger partial charge is 0.352 e. The van der Waals surface area contributed by atoms with Crippen molar-refractivity contribution in [2.45, 2.75) is 6.42 Å². The van der Waals surface area contributed by atoms with Gasteiger partial charge in [-0.2, -0.15) is 0 Å². The van der Waals surface area contributed by atoms with E-state index in [-0.39, 0.29) is 5.91 Å². The van der Waals surface area contributed by atoms with Crippen molar-refractivity contribution in [2.24, 2.45) is 0 Å². The minimum absolute atomic E-state index is 0.0195. The Bertz CT molecular complexity index is 635. The Morgan fingerprint density at radius 1 is 1.09 bits per heavy atom. The van der Waals surface area contributed by atoms with E-state index in [1.165, 1.54) is 0 Å². The molecule has 2 aromatic rings. The van der Waals surface area contributed by atoms with Crippen molar-refractivity contribution < 1.29 is 4.79 Å². The van der Waals surface area contributed by atoms with Gasteiger partial charge in [0.05, 0.1) is 0 Å². The van der Waals surface area contributed by atoms with Crippen LogP contribution in [-0.2, 0) is 0 Å². The molecule has 0 unspecified atom stereocenters. The summed E-state index contributed by atoms with van der Waals surface area (Å²) in [6.07, 6.45) is 0.999. The van der Waals surface area contributed by atoms with Crippen molar-refractivity contribution in [1.82, 2.24) is 15.5 Å². The Morgan fingerprint density at radius 2 is 1.86 bits per heavy atom. The Kier molecular flexibility index (Phi) is 5.03. The van der Waals surface area contributed by atoms with Crippen molar-refractivity contribution in [1.29, 1.82) is 0 Å². The Labute approximate surface area is 131 Å². The Hall–Kier alpha value is -1.91. The molecule has 0 radical (unpaired) electrons. The summed E-state index contributed by atoms with van der Waals surface area (Å²) in [5.41, 5.74) is 0.737. The smallest absolute Gasteiger partial charge is 0.251 e. The van der Waals surface area contributed by atoms with Gasteiger partial charge in [0.1, 0.15) is 0 Å². The van der Waals surface area contributed by atoms with E-state index < -0.39 is 0 Å². The van der Waals surface area contributed by atoms with Gasteiger partial charge in [-0.25, -0.2) is 0 Å². The van der Waals surface area contributed by atoms with E-state index in [0.717, 1.165) is 62.0 Å². The topological polar surface area (TPSA) is 44.4 Å². The lowest BCUT2D eigenvalue weighted by Gasteiger charge is -2.27. The van der Waals surface area contributed by atoms with Crippen LogP contribution < -0.4 is 10.6 Å². The van der Waals surface area contributed by atoms with Gasteiger partial charge in [-0.15, -0.1) is 0 Å². The fraction of sp³-hybridized carbons (Fsp3) is 0.389. The van der Waals surface area contributed by atoms with E-state index in [9.17, 15) is 4.79 Å². The van der Waals surface area contributed by atoms with Crippen LogP contribution in [0.1, 0.15) is 16.8 Å². The first-order valence-electron chi connectivity index (χ1n) is 8.03. The van der Waals surface area contributed by atoms with Crippen LogP contribution in [0, 0.1) is 0 Å². The Balaban J connectivity index is 1.48. The lowest BCUT2D eigenvalue weighted by molar-refractivity contribution is 0.0951. The SMILES string of the molecule is O=C(NCCCN1CCNCC1)c1ccc2ccccc2c1. The molecule has 0 aromatic heterocycles. The summed E-state index contributed by atoms with van der Waals surface area (Å²) in [6, 6.07) is 14.0. The number of nitrogens with one attached hydrogen (secondary N) is 2. The maximum absolute atomic E-state index is 12.2. The normalized spacial score (nSPS) is 15.8. The molecule has 4 heteroatoms. The van der Waals surface area contributed by atoms with Crippen LogP contribution in [-0.4, -0.2) is 50.1 Å². The average Bonchev–Trinajstić information content (AvgIpc) is 2.59. The number of hydrogen-bond donors (Lipinski definition) is 2. The zero-order valence-corrected chi connectivity index (χ0v) is 12.8. The number of amides is 1. The van der Waals surface area contributed by atoms with Crippen LogP contribution in [0.2, 0.25) is 0 Å². The van der Waals surface area contributed by atoms with E-state index in [2.05, 4.69) is 21.6 Å². The molecule has 1 saturated heterocycles. The maximum atomic E-state index is 12.2. The summed E-state index contributed by atoms with van der Waals surface area (Å²) in [5, 5.41) is 8.64. The number of rotatable bonds is 5. The van der Waals surface area contributed by atoms with Gasteiger partial charge in [0, 0.05) is 38.3 Å². The zero-order chi connectivity index (χ0) is 15.2. The third-order valence-corrected chi connectivity index (χ3v) is 4.16. The highest BCUT2D eigenvalue weighted by atomic mass is 16.1. The highest BCUT2D eigenvalue weighted by Crippen LogP contribution is 2.15. The summed E-state index contributed by atoms with van der Waals surface area (Å²) in [4.78, 5) is 14.6. The summed E-state index contributed by atoms with van der Waals surface area (Å²) in [7, 11) is 0. The third kappa shape index (κ3) is 3.84. The first-order valence-corrected chi connectivity index (χ1v) is 8.03. The van der Waals surface area contributed by atoms with Gasteiger partial charge in [-0.3, -0.25) is 4.79 Å². The molecule has 116 valence electrons.